The first-order valence-corrected chi connectivity index (χ1v) is 5.32. The van der Waals surface area contributed by atoms with Crippen molar-refractivity contribution in [2.75, 3.05) is 0 Å². The van der Waals surface area contributed by atoms with Crippen LogP contribution in [0.4, 0.5) is 5.69 Å². The summed E-state index contributed by atoms with van der Waals surface area (Å²) in [6, 6.07) is 2.73. The molecule has 0 bridgehead atoms. The van der Waals surface area contributed by atoms with Gasteiger partial charge in [0.25, 0.3) is 5.69 Å². The Morgan fingerprint density at radius 3 is 2.53 bits per heavy atom. The number of aryl methyl sites for hydroxylation is 2. The Bertz CT molecular complexity index is 677. The topological polar surface area (TPSA) is 111 Å². The summed E-state index contributed by atoms with van der Waals surface area (Å²) in [5, 5.41) is 23.6. The Balaban J connectivity index is 2.48. The molecule has 0 aliphatic carbocycles. The van der Waals surface area contributed by atoms with Gasteiger partial charge in [-0.1, -0.05) is 0 Å². The maximum absolute atomic E-state index is 10.9. The first-order chi connectivity index (χ1) is 8.90. The third-order valence-electron chi connectivity index (χ3n) is 2.60. The number of carboxylic acids is 1. The lowest BCUT2D eigenvalue weighted by molar-refractivity contribution is -0.385. The smallest absolute Gasteiger partial charge is 0.339 e. The van der Waals surface area contributed by atoms with E-state index in [1.165, 1.54) is 29.9 Å². The fourth-order valence-electron chi connectivity index (χ4n) is 1.65. The predicted octanol–water partition coefficient (Wildman–Crippen LogP) is 1.49. The highest BCUT2D eigenvalue weighted by molar-refractivity contribution is 5.88. The minimum absolute atomic E-state index is 0.0674. The molecule has 0 radical (unpaired) electrons. The van der Waals surface area contributed by atoms with Gasteiger partial charge in [0.1, 0.15) is 11.3 Å². The molecule has 98 valence electrons. The molecule has 1 N–H and O–H groups in total. The monoisotopic (exact) mass is 262 g/mol. The molecular formula is C11H10N4O4. The van der Waals surface area contributed by atoms with Crippen molar-refractivity contribution < 1.29 is 14.8 Å². The summed E-state index contributed by atoms with van der Waals surface area (Å²) in [7, 11) is 0. The fraction of sp³-hybridized carbons (Fsp3) is 0.182. The Morgan fingerprint density at radius 2 is 2.05 bits per heavy atom. The Morgan fingerprint density at radius 1 is 1.37 bits per heavy atom. The van der Waals surface area contributed by atoms with E-state index in [0.717, 1.165) is 0 Å². The Hall–Kier alpha value is -2.77. The number of aromatic carboxylic acids is 1. The maximum Gasteiger partial charge on any atom is 0.339 e. The van der Waals surface area contributed by atoms with Gasteiger partial charge in [0, 0.05) is 12.3 Å². The lowest BCUT2D eigenvalue weighted by atomic mass is 10.3. The highest BCUT2D eigenvalue weighted by atomic mass is 16.6. The molecular weight excluding hydrogens is 252 g/mol. The molecule has 8 nitrogen and oxygen atoms in total. The van der Waals surface area contributed by atoms with E-state index < -0.39 is 10.9 Å². The maximum atomic E-state index is 10.9. The molecule has 19 heavy (non-hydrogen) atoms. The number of carboxylic acid groups (broad SMARTS) is 1. The van der Waals surface area contributed by atoms with E-state index in [-0.39, 0.29) is 16.9 Å². The number of carbonyl (C=O) groups is 1. The SMILES string of the molecule is Cc1nn(-c2ccc([N+](=O)[O-])c(C)n2)cc1C(=O)O. The van der Waals surface area contributed by atoms with Crippen molar-refractivity contribution in [3.05, 3.63) is 45.4 Å². The van der Waals surface area contributed by atoms with Gasteiger partial charge in [0.05, 0.1) is 10.6 Å². The molecule has 0 aliphatic rings. The normalized spacial score (nSPS) is 10.4. The van der Waals surface area contributed by atoms with Crippen molar-refractivity contribution in [1.82, 2.24) is 14.8 Å². The summed E-state index contributed by atoms with van der Waals surface area (Å²) >= 11 is 0. The molecule has 2 heterocycles. The average Bonchev–Trinajstić information content (AvgIpc) is 2.70. The lowest BCUT2D eigenvalue weighted by Gasteiger charge is -2.01. The summed E-state index contributed by atoms with van der Waals surface area (Å²) in [6.07, 6.45) is 1.32. The summed E-state index contributed by atoms with van der Waals surface area (Å²) in [5.74, 6) is -0.749. The number of hydrogen-bond acceptors (Lipinski definition) is 5. The highest BCUT2D eigenvalue weighted by Gasteiger charge is 2.16. The van der Waals surface area contributed by atoms with Gasteiger partial charge in [-0.05, 0) is 19.9 Å². The van der Waals surface area contributed by atoms with Gasteiger partial charge in [-0.2, -0.15) is 5.10 Å². The molecule has 8 heteroatoms. The van der Waals surface area contributed by atoms with E-state index in [4.69, 9.17) is 5.11 Å². The first-order valence-electron chi connectivity index (χ1n) is 5.32. The van der Waals surface area contributed by atoms with E-state index in [2.05, 4.69) is 10.1 Å². The number of nitro groups is 1. The van der Waals surface area contributed by atoms with Crippen LogP contribution in [0.15, 0.2) is 18.3 Å². The summed E-state index contributed by atoms with van der Waals surface area (Å²) in [5.41, 5.74) is 0.571. The second-order valence-corrected chi connectivity index (χ2v) is 3.91. The zero-order valence-corrected chi connectivity index (χ0v) is 10.2. The summed E-state index contributed by atoms with van der Waals surface area (Å²) in [4.78, 5) is 25.1. The van der Waals surface area contributed by atoms with E-state index in [1.807, 2.05) is 0 Å². The van der Waals surface area contributed by atoms with Gasteiger partial charge in [0.15, 0.2) is 5.82 Å². The number of pyridine rings is 1. The average molecular weight is 262 g/mol. The number of nitrogens with zero attached hydrogens (tertiary/aromatic N) is 4. The molecule has 0 aliphatic heterocycles. The van der Waals surface area contributed by atoms with Crippen LogP contribution < -0.4 is 0 Å². The van der Waals surface area contributed by atoms with Crippen LogP contribution in [-0.2, 0) is 0 Å². The van der Waals surface area contributed by atoms with Gasteiger partial charge >= 0.3 is 5.97 Å². The standard InChI is InChI=1S/C11H10N4O4/c1-6-8(11(16)17)5-14(13-6)10-4-3-9(15(18)19)7(2)12-10/h3-5H,1-2H3,(H,16,17). The molecule has 2 aromatic heterocycles. The van der Waals surface area contributed by atoms with Crippen molar-refractivity contribution in [3.63, 3.8) is 0 Å². The molecule has 0 fully saturated rings. The minimum atomic E-state index is -1.08. The van der Waals surface area contributed by atoms with Crippen LogP contribution in [0, 0.1) is 24.0 Å². The van der Waals surface area contributed by atoms with Crippen molar-refractivity contribution in [2.24, 2.45) is 0 Å². The molecule has 0 atom stereocenters. The van der Waals surface area contributed by atoms with Crippen LogP contribution in [0.5, 0.6) is 0 Å². The van der Waals surface area contributed by atoms with E-state index in [9.17, 15) is 14.9 Å². The quantitative estimate of drug-likeness (QED) is 0.662. The molecule has 2 rings (SSSR count). The van der Waals surface area contributed by atoms with Crippen molar-refractivity contribution in [2.45, 2.75) is 13.8 Å². The Labute approximate surface area is 107 Å². The molecule has 0 unspecified atom stereocenters. The van der Waals surface area contributed by atoms with Crippen molar-refractivity contribution >= 4 is 11.7 Å². The van der Waals surface area contributed by atoms with Crippen LogP contribution in [-0.4, -0.2) is 30.8 Å². The van der Waals surface area contributed by atoms with Crippen LogP contribution in [0.2, 0.25) is 0 Å². The molecule has 0 amide bonds. The summed E-state index contributed by atoms with van der Waals surface area (Å²) in [6.45, 7) is 3.08. The van der Waals surface area contributed by atoms with Gasteiger partial charge < -0.3 is 5.11 Å². The molecule has 0 saturated carbocycles. The largest absolute Gasteiger partial charge is 0.478 e. The second-order valence-electron chi connectivity index (χ2n) is 3.91. The van der Waals surface area contributed by atoms with Crippen molar-refractivity contribution in [1.29, 1.82) is 0 Å². The molecule has 0 spiro atoms. The Kier molecular flexibility index (Phi) is 2.99. The van der Waals surface area contributed by atoms with E-state index in [1.54, 1.807) is 6.92 Å². The second kappa shape index (κ2) is 4.48. The highest BCUT2D eigenvalue weighted by Crippen LogP contribution is 2.18. The van der Waals surface area contributed by atoms with Crippen LogP contribution in [0.1, 0.15) is 21.7 Å². The molecule has 2 aromatic rings. The van der Waals surface area contributed by atoms with Gasteiger partial charge in [-0.3, -0.25) is 10.1 Å². The zero-order valence-electron chi connectivity index (χ0n) is 10.2. The van der Waals surface area contributed by atoms with Crippen LogP contribution in [0.25, 0.3) is 5.82 Å². The van der Waals surface area contributed by atoms with Crippen molar-refractivity contribution in [3.8, 4) is 5.82 Å². The van der Waals surface area contributed by atoms with Crippen LogP contribution in [0.3, 0.4) is 0 Å². The van der Waals surface area contributed by atoms with Crippen LogP contribution >= 0.6 is 0 Å². The predicted molar refractivity (Wildman–Crippen MR) is 64.4 cm³/mol. The number of rotatable bonds is 3. The van der Waals surface area contributed by atoms with E-state index in [0.29, 0.717) is 11.5 Å². The third-order valence-corrected chi connectivity index (χ3v) is 2.60. The first kappa shape index (κ1) is 12.7. The summed E-state index contributed by atoms with van der Waals surface area (Å²) < 4.78 is 1.29. The number of hydrogen-bond donors (Lipinski definition) is 1. The fourth-order valence-corrected chi connectivity index (χ4v) is 1.65. The number of aromatic nitrogens is 3. The van der Waals surface area contributed by atoms with Gasteiger partial charge in [0.2, 0.25) is 0 Å². The van der Waals surface area contributed by atoms with Gasteiger partial charge in [-0.15, -0.1) is 0 Å². The van der Waals surface area contributed by atoms with E-state index >= 15 is 0 Å². The lowest BCUT2D eigenvalue weighted by Crippen LogP contribution is -2.02. The molecule has 0 aromatic carbocycles. The third kappa shape index (κ3) is 2.28. The molecule has 0 saturated heterocycles. The minimum Gasteiger partial charge on any atom is -0.478 e. The van der Waals surface area contributed by atoms with Gasteiger partial charge in [-0.25, -0.2) is 14.5 Å². The zero-order chi connectivity index (χ0) is 14.2.